The van der Waals surface area contributed by atoms with Gasteiger partial charge in [0.15, 0.2) is 0 Å². The largest absolute Gasteiger partial charge is 0.424 e. The summed E-state index contributed by atoms with van der Waals surface area (Å²) in [6.07, 6.45) is 4.94. The Morgan fingerprint density at radius 2 is 2.21 bits per heavy atom. The molecule has 1 atom stereocenters. The van der Waals surface area contributed by atoms with Gasteiger partial charge in [-0.1, -0.05) is 24.3 Å². The third kappa shape index (κ3) is 3.84. The first kappa shape index (κ1) is 18.4. The SMILES string of the molecule is CCN(C(=O)c1cc2ccccc2[nH]1)C1=CCCC(NCc2nnc(C)o2)C1. The molecule has 1 aromatic carbocycles. The number of nitrogens with one attached hydrogen (secondary N) is 2. The topological polar surface area (TPSA) is 87.0 Å². The van der Waals surface area contributed by atoms with Crippen molar-refractivity contribution in [3.63, 3.8) is 0 Å². The summed E-state index contributed by atoms with van der Waals surface area (Å²) in [6.45, 7) is 4.98. The van der Waals surface area contributed by atoms with Gasteiger partial charge >= 0.3 is 0 Å². The average molecular weight is 379 g/mol. The molecule has 28 heavy (non-hydrogen) atoms. The van der Waals surface area contributed by atoms with E-state index in [0.717, 1.165) is 35.9 Å². The minimum absolute atomic E-state index is 0.0122. The van der Waals surface area contributed by atoms with Crippen molar-refractivity contribution in [1.29, 1.82) is 0 Å². The number of hydrogen-bond donors (Lipinski definition) is 2. The van der Waals surface area contributed by atoms with Crippen LogP contribution in [-0.2, 0) is 6.54 Å². The fourth-order valence-electron chi connectivity index (χ4n) is 3.74. The molecule has 7 heteroatoms. The van der Waals surface area contributed by atoms with Crippen LogP contribution in [0.25, 0.3) is 10.9 Å². The monoisotopic (exact) mass is 379 g/mol. The second-order valence-corrected chi connectivity index (χ2v) is 7.09. The Morgan fingerprint density at radius 3 is 2.96 bits per heavy atom. The molecule has 0 spiro atoms. The molecule has 1 aliphatic carbocycles. The van der Waals surface area contributed by atoms with Crippen LogP contribution in [0.2, 0.25) is 0 Å². The number of aryl methyl sites for hydroxylation is 1. The van der Waals surface area contributed by atoms with Crippen molar-refractivity contribution in [3.8, 4) is 0 Å². The van der Waals surface area contributed by atoms with E-state index in [1.807, 2.05) is 42.2 Å². The quantitative estimate of drug-likeness (QED) is 0.684. The first-order chi connectivity index (χ1) is 13.6. The van der Waals surface area contributed by atoms with Crippen molar-refractivity contribution in [2.24, 2.45) is 0 Å². The Kier molecular flexibility index (Phi) is 5.25. The maximum absolute atomic E-state index is 13.1. The summed E-state index contributed by atoms with van der Waals surface area (Å²) in [4.78, 5) is 18.3. The van der Waals surface area contributed by atoms with Crippen LogP contribution in [0.5, 0.6) is 0 Å². The predicted molar refractivity (Wildman–Crippen MR) is 107 cm³/mol. The van der Waals surface area contributed by atoms with E-state index in [0.29, 0.717) is 30.6 Å². The Balaban J connectivity index is 1.44. The number of aromatic amines is 1. The lowest BCUT2D eigenvalue weighted by Gasteiger charge is -2.30. The molecule has 2 aromatic heterocycles. The minimum Gasteiger partial charge on any atom is -0.424 e. The molecule has 0 fully saturated rings. The number of allylic oxidation sites excluding steroid dienone is 1. The lowest BCUT2D eigenvalue weighted by atomic mass is 9.97. The third-order valence-electron chi connectivity index (χ3n) is 5.13. The van der Waals surface area contributed by atoms with E-state index in [4.69, 9.17) is 4.42 Å². The molecule has 1 unspecified atom stereocenters. The summed E-state index contributed by atoms with van der Waals surface area (Å²) >= 11 is 0. The normalized spacial score (nSPS) is 16.9. The molecule has 0 saturated heterocycles. The fraction of sp³-hybridized carbons (Fsp3) is 0.381. The number of fused-ring (bicyclic) bond motifs is 1. The van der Waals surface area contributed by atoms with Gasteiger partial charge in [-0.05, 0) is 31.9 Å². The summed E-state index contributed by atoms with van der Waals surface area (Å²) in [5.41, 5.74) is 2.67. The van der Waals surface area contributed by atoms with E-state index in [9.17, 15) is 4.79 Å². The van der Waals surface area contributed by atoms with Gasteiger partial charge in [0.2, 0.25) is 11.8 Å². The number of rotatable bonds is 6. The Bertz CT molecular complexity index is 970. The molecule has 1 amide bonds. The second-order valence-electron chi connectivity index (χ2n) is 7.09. The van der Waals surface area contributed by atoms with Gasteiger partial charge in [0.1, 0.15) is 5.69 Å². The minimum atomic E-state index is 0.0122. The molecule has 7 nitrogen and oxygen atoms in total. The first-order valence-corrected chi connectivity index (χ1v) is 9.75. The number of carbonyl (C=O) groups excluding carboxylic acids is 1. The molecule has 146 valence electrons. The fourth-order valence-corrected chi connectivity index (χ4v) is 3.74. The number of carbonyl (C=O) groups is 1. The van der Waals surface area contributed by atoms with Gasteiger partial charge in [0.05, 0.1) is 6.54 Å². The van der Waals surface area contributed by atoms with Crippen molar-refractivity contribution < 1.29 is 9.21 Å². The molecule has 2 heterocycles. The summed E-state index contributed by atoms with van der Waals surface area (Å²) in [6, 6.07) is 10.1. The standard InChI is InChI=1S/C21H25N5O2/c1-3-26(21(27)19-11-15-7-4-5-10-18(15)23-19)17-9-6-8-16(12-17)22-13-20-25-24-14(2)28-20/h4-5,7,9-11,16,22-23H,3,6,8,12-13H2,1-2H3. The first-order valence-electron chi connectivity index (χ1n) is 9.75. The van der Waals surface area contributed by atoms with E-state index in [1.54, 1.807) is 6.92 Å². The van der Waals surface area contributed by atoms with Gasteiger partial charge in [0.25, 0.3) is 5.91 Å². The van der Waals surface area contributed by atoms with Gasteiger partial charge in [-0.3, -0.25) is 4.79 Å². The maximum atomic E-state index is 13.1. The van der Waals surface area contributed by atoms with Gasteiger partial charge in [-0.15, -0.1) is 10.2 Å². The van der Waals surface area contributed by atoms with Crippen molar-refractivity contribution in [2.75, 3.05) is 6.54 Å². The van der Waals surface area contributed by atoms with Crippen LogP contribution in [0.3, 0.4) is 0 Å². The van der Waals surface area contributed by atoms with E-state index >= 15 is 0 Å². The molecule has 4 rings (SSSR count). The van der Waals surface area contributed by atoms with Gasteiger partial charge in [-0.2, -0.15) is 0 Å². The molecule has 0 saturated carbocycles. The van der Waals surface area contributed by atoms with Crippen LogP contribution in [-0.4, -0.2) is 38.6 Å². The average Bonchev–Trinajstić information content (AvgIpc) is 3.33. The lowest BCUT2D eigenvalue weighted by Crippen LogP contribution is -2.37. The molecule has 0 aliphatic heterocycles. The molecular weight excluding hydrogens is 354 g/mol. The zero-order valence-corrected chi connectivity index (χ0v) is 16.2. The van der Waals surface area contributed by atoms with Crippen molar-refractivity contribution in [1.82, 2.24) is 25.4 Å². The number of benzene rings is 1. The summed E-state index contributed by atoms with van der Waals surface area (Å²) in [5.74, 6) is 1.18. The smallest absolute Gasteiger partial charge is 0.274 e. The highest BCUT2D eigenvalue weighted by Gasteiger charge is 2.24. The van der Waals surface area contributed by atoms with Crippen LogP contribution < -0.4 is 5.32 Å². The highest BCUT2D eigenvalue weighted by molar-refractivity contribution is 5.98. The van der Waals surface area contributed by atoms with Crippen molar-refractivity contribution in [3.05, 3.63) is 59.6 Å². The molecular formula is C21H25N5O2. The predicted octanol–water partition coefficient (Wildman–Crippen LogP) is 3.55. The third-order valence-corrected chi connectivity index (χ3v) is 5.13. The summed E-state index contributed by atoms with van der Waals surface area (Å²) < 4.78 is 5.43. The van der Waals surface area contributed by atoms with E-state index in [-0.39, 0.29) is 11.9 Å². The Morgan fingerprint density at radius 1 is 1.36 bits per heavy atom. The van der Waals surface area contributed by atoms with Crippen LogP contribution in [0, 0.1) is 6.92 Å². The number of nitrogens with zero attached hydrogens (tertiary/aromatic N) is 3. The van der Waals surface area contributed by atoms with E-state index in [2.05, 4.69) is 26.6 Å². The van der Waals surface area contributed by atoms with Crippen LogP contribution in [0.1, 0.15) is 48.5 Å². The lowest BCUT2D eigenvalue weighted by molar-refractivity contribution is 0.0797. The van der Waals surface area contributed by atoms with Gasteiger partial charge in [0, 0.05) is 42.5 Å². The van der Waals surface area contributed by atoms with Gasteiger partial charge in [-0.25, -0.2) is 0 Å². The zero-order valence-electron chi connectivity index (χ0n) is 16.2. The zero-order chi connectivity index (χ0) is 19.5. The van der Waals surface area contributed by atoms with Crippen molar-refractivity contribution in [2.45, 2.75) is 45.7 Å². The van der Waals surface area contributed by atoms with Crippen molar-refractivity contribution >= 4 is 16.8 Å². The van der Waals surface area contributed by atoms with E-state index in [1.165, 1.54) is 0 Å². The second kappa shape index (κ2) is 7.98. The number of H-pyrrole nitrogens is 1. The molecule has 1 aliphatic rings. The summed E-state index contributed by atoms with van der Waals surface area (Å²) in [7, 11) is 0. The highest BCUT2D eigenvalue weighted by Crippen LogP contribution is 2.24. The number of para-hydroxylation sites is 1. The Hall–Kier alpha value is -2.93. The summed E-state index contributed by atoms with van der Waals surface area (Å²) in [5, 5.41) is 12.4. The van der Waals surface area contributed by atoms with Crippen LogP contribution >= 0.6 is 0 Å². The van der Waals surface area contributed by atoms with Gasteiger partial charge < -0.3 is 19.6 Å². The molecule has 2 N–H and O–H groups in total. The molecule has 3 aromatic rings. The maximum Gasteiger partial charge on any atom is 0.274 e. The number of amides is 1. The number of aromatic nitrogens is 3. The Labute approximate surface area is 163 Å². The highest BCUT2D eigenvalue weighted by atomic mass is 16.4. The molecule has 0 bridgehead atoms. The van der Waals surface area contributed by atoms with Crippen LogP contribution in [0.4, 0.5) is 0 Å². The molecule has 0 radical (unpaired) electrons. The van der Waals surface area contributed by atoms with E-state index < -0.39 is 0 Å². The number of hydrogen-bond acceptors (Lipinski definition) is 5. The van der Waals surface area contributed by atoms with Crippen LogP contribution in [0.15, 0.2) is 46.5 Å².